The molecule has 0 amide bonds. The summed E-state index contributed by atoms with van der Waals surface area (Å²) < 4.78 is 4.64. The van der Waals surface area contributed by atoms with Gasteiger partial charge >= 0.3 is 5.97 Å². The minimum atomic E-state index is -0.0762. The third kappa shape index (κ3) is 10.3. The first kappa shape index (κ1) is 16.5. The van der Waals surface area contributed by atoms with Crippen LogP contribution in [0.25, 0.3) is 0 Å². The first-order chi connectivity index (χ1) is 7.89. The molecular weight excluding hydrogens is 212 g/mol. The molecule has 2 nitrogen and oxygen atoms in total. The number of ether oxygens (including phenoxy) is 1. The van der Waals surface area contributed by atoms with E-state index < -0.39 is 0 Å². The SMILES string of the molecule is CC[C@@H](CCCCC(=O)OC)CCC(C)(C)C. The van der Waals surface area contributed by atoms with Gasteiger partial charge in [0.2, 0.25) is 0 Å². The van der Waals surface area contributed by atoms with Gasteiger partial charge in [-0.05, 0) is 30.6 Å². The van der Waals surface area contributed by atoms with Gasteiger partial charge in [0.05, 0.1) is 7.11 Å². The number of rotatable bonds is 8. The lowest BCUT2D eigenvalue weighted by Crippen LogP contribution is -2.09. The zero-order valence-corrected chi connectivity index (χ0v) is 12.3. The van der Waals surface area contributed by atoms with Crippen molar-refractivity contribution in [2.75, 3.05) is 7.11 Å². The van der Waals surface area contributed by atoms with E-state index in [1.54, 1.807) is 0 Å². The minimum absolute atomic E-state index is 0.0762. The largest absolute Gasteiger partial charge is 0.469 e. The van der Waals surface area contributed by atoms with Crippen molar-refractivity contribution in [1.29, 1.82) is 0 Å². The van der Waals surface area contributed by atoms with Crippen LogP contribution in [0.4, 0.5) is 0 Å². The van der Waals surface area contributed by atoms with E-state index in [2.05, 4.69) is 32.4 Å². The van der Waals surface area contributed by atoms with Gasteiger partial charge in [0, 0.05) is 6.42 Å². The standard InChI is InChI=1S/C15H30O2/c1-6-13(11-12-15(2,3)4)9-7-8-10-14(16)17-5/h13H,6-12H2,1-5H3/t13-/m0/s1. The van der Waals surface area contributed by atoms with Gasteiger partial charge in [0.1, 0.15) is 0 Å². The highest BCUT2D eigenvalue weighted by atomic mass is 16.5. The third-order valence-electron chi connectivity index (χ3n) is 3.35. The molecule has 0 spiro atoms. The van der Waals surface area contributed by atoms with Crippen LogP contribution < -0.4 is 0 Å². The van der Waals surface area contributed by atoms with Gasteiger partial charge in [-0.2, -0.15) is 0 Å². The average molecular weight is 242 g/mol. The zero-order chi connectivity index (χ0) is 13.3. The molecule has 0 aromatic carbocycles. The normalized spacial score (nSPS) is 13.5. The number of esters is 1. The summed E-state index contributed by atoms with van der Waals surface area (Å²) in [6.45, 7) is 9.18. The summed E-state index contributed by atoms with van der Waals surface area (Å²) >= 11 is 0. The Morgan fingerprint density at radius 2 is 1.82 bits per heavy atom. The van der Waals surface area contributed by atoms with Gasteiger partial charge in [-0.3, -0.25) is 4.79 Å². The first-order valence-electron chi connectivity index (χ1n) is 6.96. The molecule has 2 heteroatoms. The number of methoxy groups -OCH3 is 1. The van der Waals surface area contributed by atoms with Crippen LogP contribution in [0, 0.1) is 11.3 Å². The van der Waals surface area contributed by atoms with Crippen LogP contribution in [0.15, 0.2) is 0 Å². The van der Waals surface area contributed by atoms with Crippen molar-refractivity contribution in [1.82, 2.24) is 0 Å². The second-order valence-corrected chi connectivity index (χ2v) is 6.20. The fourth-order valence-corrected chi connectivity index (χ4v) is 1.99. The van der Waals surface area contributed by atoms with Crippen LogP contribution in [0.3, 0.4) is 0 Å². The van der Waals surface area contributed by atoms with Crippen LogP contribution >= 0.6 is 0 Å². The monoisotopic (exact) mass is 242 g/mol. The highest BCUT2D eigenvalue weighted by Gasteiger charge is 2.14. The van der Waals surface area contributed by atoms with Gasteiger partial charge in [0.25, 0.3) is 0 Å². The Morgan fingerprint density at radius 3 is 2.29 bits per heavy atom. The van der Waals surface area contributed by atoms with Crippen LogP contribution in [0.1, 0.15) is 72.6 Å². The molecular formula is C15H30O2. The summed E-state index contributed by atoms with van der Waals surface area (Å²) in [6, 6.07) is 0. The number of carbonyl (C=O) groups excluding carboxylic acids is 1. The molecule has 0 aliphatic rings. The van der Waals surface area contributed by atoms with Gasteiger partial charge in [0.15, 0.2) is 0 Å². The maximum atomic E-state index is 11.0. The lowest BCUT2D eigenvalue weighted by atomic mass is 9.84. The maximum absolute atomic E-state index is 11.0. The molecule has 0 aromatic rings. The van der Waals surface area contributed by atoms with E-state index >= 15 is 0 Å². The minimum Gasteiger partial charge on any atom is -0.469 e. The van der Waals surface area contributed by atoms with Crippen LogP contribution in [-0.4, -0.2) is 13.1 Å². The molecule has 0 radical (unpaired) electrons. The lowest BCUT2D eigenvalue weighted by Gasteiger charge is -2.22. The fourth-order valence-electron chi connectivity index (χ4n) is 1.99. The van der Waals surface area contributed by atoms with E-state index in [1.807, 2.05) is 0 Å². The van der Waals surface area contributed by atoms with E-state index in [1.165, 1.54) is 32.8 Å². The van der Waals surface area contributed by atoms with E-state index in [-0.39, 0.29) is 5.97 Å². The number of hydrogen-bond acceptors (Lipinski definition) is 2. The molecule has 0 saturated heterocycles. The first-order valence-corrected chi connectivity index (χ1v) is 6.96. The summed E-state index contributed by atoms with van der Waals surface area (Å²) in [5, 5.41) is 0. The van der Waals surface area contributed by atoms with Crippen molar-refractivity contribution in [3.63, 3.8) is 0 Å². The Hall–Kier alpha value is -0.530. The second kappa shape index (κ2) is 8.54. The third-order valence-corrected chi connectivity index (χ3v) is 3.35. The molecule has 0 aromatic heterocycles. The molecule has 0 bridgehead atoms. The Labute approximate surface area is 107 Å². The molecule has 0 unspecified atom stereocenters. The molecule has 1 atom stereocenters. The van der Waals surface area contributed by atoms with Crippen molar-refractivity contribution >= 4 is 5.97 Å². The average Bonchev–Trinajstić information content (AvgIpc) is 2.26. The number of unbranched alkanes of at least 4 members (excludes halogenated alkanes) is 1. The van der Waals surface area contributed by atoms with E-state index in [0.717, 1.165) is 18.8 Å². The van der Waals surface area contributed by atoms with E-state index in [9.17, 15) is 4.79 Å². The molecule has 0 saturated carbocycles. The van der Waals surface area contributed by atoms with Crippen LogP contribution in [0.2, 0.25) is 0 Å². The summed E-state index contributed by atoms with van der Waals surface area (Å²) in [7, 11) is 1.46. The van der Waals surface area contributed by atoms with E-state index in [0.29, 0.717) is 11.8 Å². The topological polar surface area (TPSA) is 26.3 Å². The fraction of sp³-hybridized carbons (Fsp3) is 0.933. The molecule has 0 aliphatic heterocycles. The smallest absolute Gasteiger partial charge is 0.305 e. The van der Waals surface area contributed by atoms with Crippen molar-refractivity contribution < 1.29 is 9.53 Å². The molecule has 0 heterocycles. The molecule has 0 N–H and O–H groups in total. The van der Waals surface area contributed by atoms with Crippen molar-refractivity contribution in [2.45, 2.75) is 72.6 Å². The van der Waals surface area contributed by atoms with Gasteiger partial charge in [-0.1, -0.05) is 47.0 Å². The summed E-state index contributed by atoms with van der Waals surface area (Å²) in [5.74, 6) is 0.750. The Balaban J connectivity index is 3.65. The molecule has 17 heavy (non-hydrogen) atoms. The summed E-state index contributed by atoms with van der Waals surface area (Å²) in [5.41, 5.74) is 0.444. The highest BCUT2D eigenvalue weighted by Crippen LogP contribution is 2.27. The molecule has 0 aliphatic carbocycles. The Morgan fingerprint density at radius 1 is 1.18 bits per heavy atom. The van der Waals surface area contributed by atoms with Gasteiger partial charge in [-0.15, -0.1) is 0 Å². The predicted octanol–water partition coefficient (Wildman–Crippen LogP) is 4.57. The van der Waals surface area contributed by atoms with Crippen molar-refractivity contribution in [3.8, 4) is 0 Å². The maximum Gasteiger partial charge on any atom is 0.305 e. The molecule has 0 fully saturated rings. The van der Waals surface area contributed by atoms with Crippen LogP contribution in [-0.2, 0) is 9.53 Å². The number of carbonyl (C=O) groups is 1. The Kier molecular flexibility index (Phi) is 8.28. The second-order valence-electron chi connectivity index (χ2n) is 6.20. The Bertz CT molecular complexity index is 203. The quantitative estimate of drug-likeness (QED) is 0.460. The molecule has 0 rings (SSSR count). The van der Waals surface area contributed by atoms with Crippen molar-refractivity contribution in [2.24, 2.45) is 11.3 Å². The number of hydrogen-bond donors (Lipinski definition) is 0. The highest BCUT2D eigenvalue weighted by molar-refractivity contribution is 5.68. The lowest BCUT2D eigenvalue weighted by molar-refractivity contribution is -0.140. The summed E-state index contributed by atoms with van der Waals surface area (Å²) in [6.07, 6.45) is 7.82. The van der Waals surface area contributed by atoms with Gasteiger partial charge < -0.3 is 4.74 Å². The predicted molar refractivity (Wildman–Crippen MR) is 73.0 cm³/mol. The zero-order valence-electron chi connectivity index (χ0n) is 12.3. The molecule has 102 valence electrons. The van der Waals surface area contributed by atoms with Crippen molar-refractivity contribution in [3.05, 3.63) is 0 Å². The summed E-state index contributed by atoms with van der Waals surface area (Å²) in [4.78, 5) is 11.0. The van der Waals surface area contributed by atoms with Crippen LogP contribution in [0.5, 0.6) is 0 Å². The van der Waals surface area contributed by atoms with E-state index in [4.69, 9.17) is 0 Å². The van der Waals surface area contributed by atoms with Gasteiger partial charge in [-0.25, -0.2) is 0 Å².